The Kier molecular flexibility index (Phi) is 5.72. The molecule has 2 aromatic carbocycles. The molecule has 2 aromatic heterocycles. The van der Waals surface area contributed by atoms with E-state index >= 15 is 0 Å². The molecule has 0 saturated heterocycles. The minimum absolute atomic E-state index is 0.0595. The number of amides is 1. The minimum Gasteiger partial charge on any atom is -0.495 e. The van der Waals surface area contributed by atoms with Gasteiger partial charge in [-0.3, -0.25) is 4.79 Å². The molecule has 4 aromatic rings. The number of rotatable bonds is 7. The molecule has 0 atom stereocenters. The van der Waals surface area contributed by atoms with Crippen LogP contribution in [0.4, 0.5) is 5.69 Å². The summed E-state index contributed by atoms with van der Waals surface area (Å²) in [4.78, 5) is 12.9. The molecule has 154 valence electrons. The Labute approximate surface area is 178 Å². The van der Waals surface area contributed by atoms with E-state index < -0.39 is 0 Å². The predicted octanol–water partition coefficient (Wildman–Crippen LogP) is 4.94. The van der Waals surface area contributed by atoms with Gasteiger partial charge >= 0.3 is 0 Å². The van der Waals surface area contributed by atoms with Gasteiger partial charge in [-0.25, -0.2) is 0 Å². The maximum atomic E-state index is 12.9. The lowest BCUT2D eigenvalue weighted by Crippen LogP contribution is -2.19. The molecule has 2 heterocycles. The number of nitrogens with one attached hydrogen (secondary N) is 1. The lowest BCUT2D eigenvalue weighted by Gasteiger charge is -2.12. The van der Waals surface area contributed by atoms with Crippen molar-refractivity contribution >= 4 is 34.1 Å². The molecule has 0 bridgehead atoms. The van der Waals surface area contributed by atoms with Crippen molar-refractivity contribution in [3.05, 3.63) is 59.4 Å². The SMILES string of the molecule is CCCc1nnc(-c2cc3ccccc3n2CC(=O)Nc2cc(Cl)ccc2OC)o1. The van der Waals surface area contributed by atoms with Gasteiger partial charge in [-0.05, 0) is 36.8 Å². The first-order valence-electron chi connectivity index (χ1n) is 9.63. The van der Waals surface area contributed by atoms with Gasteiger partial charge in [0.25, 0.3) is 5.89 Å². The second-order valence-corrected chi connectivity index (χ2v) is 7.25. The summed E-state index contributed by atoms with van der Waals surface area (Å²) < 4.78 is 13.0. The standard InChI is InChI=1S/C22H21ClN4O3/c1-3-6-21-25-26-22(30-21)18-11-14-7-4-5-8-17(14)27(18)13-20(28)24-16-12-15(23)9-10-19(16)29-2/h4-5,7-12H,3,6,13H2,1-2H3,(H,24,28). The van der Waals surface area contributed by atoms with Crippen LogP contribution < -0.4 is 10.1 Å². The van der Waals surface area contributed by atoms with Gasteiger partial charge in [0.15, 0.2) is 0 Å². The second-order valence-electron chi connectivity index (χ2n) is 6.82. The maximum Gasteiger partial charge on any atom is 0.264 e. The Balaban J connectivity index is 1.68. The highest BCUT2D eigenvalue weighted by atomic mass is 35.5. The fourth-order valence-corrected chi connectivity index (χ4v) is 3.51. The number of para-hydroxylation sites is 1. The lowest BCUT2D eigenvalue weighted by atomic mass is 10.2. The Bertz CT molecular complexity index is 1200. The molecule has 0 aliphatic carbocycles. The highest BCUT2D eigenvalue weighted by Crippen LogP contribution is 2.30. The third-order valence-corrected chi connectivity index (χ3v) is 4.93. The van der Waals surface area contributed by atoms with Crippen LogP contribution in [0.1, 0.15) is 19.2 Å². The van der Waals surface area contributed by atoms with E-state index in [0.717, 1.165) is 17.3 Å². The monoisotopic (exact) mass is 424 g/mol. The zero-order valence-corrected chi connectivity index (χ0v) is 17.4. The molecule has 0 fully saturated rings. The van der Waals surface area contributed by atoms with Crippen LogP contribution in [0.15, 0.2) is 52.9 Å². The van der Waals surface area contributed by atoms with Crippen molar-refractivity contribution in [3.8, 4) is 17.3 Å². The highest BCUT2D eigenvalue weighted by Gasteiger charge is 2.19. The van der Waals surface area contributed by atoms with E-state index in [1.807, 2.05) is 34.9 Å². The molecule has 7 nitrogen and oxygen atoms in total. The molecule has 0 saturated carbocycles. The average molecular weight is 425 g/mol. The number of carbonyl (C=O) groups is 1. The predicted molar refractivity (Wildman–Crippen MR) is 116 cm³/mol. The molecule has 0 radical (unpaired) electrons. The lowest BCUT2D eigenvalue weighted by molar-refractivity contribution is -0.116. The van der Waals surface area contributed by atoms with Crippen molar-refractivity contribution < 1.29 is 13.9 Å². The highest BCUT2D eigenvalue weighted by molar-refractivity contribution is 6.31. The van der Waals surface area contributed by atoms with E-state index in [1.54, 1.807) is 25.3 Å². The fourth-order valence-electron chi connectivity index (χ4n) is 3.34. The van der Waals surface area contributed by atoms with Crippen LogP contribution in [0.3, 0.4) is 0 Å². The fraction of sp³-hybridized carbons (Fsp3) is 0.227. The zero-order chi connectivity index (χ0) is 21.1. The molecule has 30 heavy (non-hydrogen) atoms. The van der Waals surface area contributed by atoms with Crippen LogP contribution in [0.25, 0.3) is 22.5 Å². The number of anilines is 1. The van der Waals surface area contributed by atoms with Gasteiger partial charge in [-0.15, -0.1) is 10.2 Å². The summed E-state index contributed by atoms with van der Waals surface area (Å²) in [5.41, 5.74) is 2.10. The number of carbonyl (C=O) groups excluding carboxylic acids is 1. The smallest absolute Gasteiger partial charge is 0.264 e. The molecule has 1 N–H and O–H groups in total. The van der Waals surface area contributed by atoms with Crippen molar-refractivity contribution in [1.29, 1.82) is 0 Å². The van der Waals surface area contributed by atoms with Gasteiger partial charge in [0.2, 0.25) is 11.8 Å². The number of nitrogens with zero attached hydrogens (tertiary/aromatic N) is 3. The van der Waals surface area contributed by atoms with Crippen molar-refractivity contribution in [1.82, 2.24) is 14.8 Å². The van der Waals surface area contributed by atoms with Gasteiger partial charge in [-0.2, -0.15) is 0 Å². The summed E-state index contributed by atoms with van der Waals surface area (Å²) in [6, 6.07) is 14.8. The quantitative estimate of drug-likeness (QED) is 0.454. The van der Waals surface area contributed by atoms with Crippen LogP contribution in [0.2, 0.25) is 5.02 Å². The third-order valence-electron chi connectivity index (χ3n) is 4.70. The summed E-state index contributed by atoms with van der Waals surface area (Å²) in [6.45, 7) is 2.11. The first-order valence-corrected chi connectivity index (χ1v) is 10.0. The summed E-state index contributed by atoms with van der Waals surface area (Å²) in [7, 11) is 1.54. The van der Waals surface area contributed by atoms with Crippen molar-refractivity contribution in [2.75, 3.05) is 12.4 Å². The van der Waals surface area contributed by atoms with E-state index in [0.29, 0.717) is 40.4 Å². The molecule has 0 unspecified atom stereocenters. The second kappa shape index (κ2) is 8.59. The Morgan fingerprint density at radius 2 is 2.03 bits per heavy atom. The van der Waals surface area contributed by atoms with Crippen LogP contribution in [-0.4, -0.2) is 27.8 Å². The first-order chi connectivity index (χ1) is 14.6. The van der Waals surface area contributed by atoms with Gasteiger partial charge in [0, 0.05) is 22.3 Å². The molecule has 8 heteroatoms. The van der Waals surface area contributed by atoms with Gasteiger partial charge in [0.05, 0.1) is 12.8 Å². The summed E-state index contributed by atoms with van der Waals surface area (Å²) >= 11 is 6.07. The van der Waals surface area contributed by atoms with Gasteiger partial charge < -0.3 is 19.0 Å². The average Bonchev–Trinajstić information content (AvgIpc) is 3.33. The minimum atomic E-state index is -0.230. The van der Waals surface area contributed by atoms with E-state index in [9.17, 15) is 4.79 Å². The third kappa shape index (κ3) is 4.02. The number of hydrogen-bond acceptors (Lipinski definition) is 5. The summed E-state index contributed by atoms with van der Waals surface area (Å²) in [6.07, 6.45) is 1.62. The topological polar surface area (TPSA) is 82.2 Å². The Morgan fingerprint density at radius 3 is 2.83 bits per heavy atom. The van der Waals surface area contributed by atoms with Crippen LogP contribution in [0.5, 0.6) is 5.75 Å². The molecule has 1 amide bonds. The molecular formula is C22H21ClN4O3. The number of aryl methyl sites for hydroxylation is 1. The number of benzene rings is 2. The number of methoxy groups -OCH3 is 1. The molecule has 0 spiro atoms. The summed E-state index contributed by atoms with van der Waals surface area (Å²) in [5, 5.41) is 12.7. The van der Waals surface area contributed by atoms with Crippen LogP contribution >= 0.6 is 11.6 Å². The van der Waals surface area contributed by atoms with E-state index in [1.165, 1.54) is 0 Å². The van der Waals surface area contributed by atoms with Crippen LogP contribution in [0, 0.1) is 0 Å². The molecule has 0 aliphatic heterocycles. The molecule has 0 aliphatic rings. The Morgan fingerprint density at radius 1 is 1.20 bits per heavy atom. The zero-order valence-electron chi connectivity index (χ0n) is 16.7. The Hall–Kier alpha value is -3.32. The summed E-state index contributed by atoms with van der Waals surface area (Å²) in [5.74, 6) is 1.28. The normalized spacial score (nSPS) is 11.0. The van der Waals surface area contributed by atoms with E-state index in [4.69, 9.17) is 20.8 Å². The van der Waals surface area contributed by atoms with E-state index in [-0.39, 0.29) is 12.5 Å². The van der Waals surface area contributed by atoms with Crippen molar-refractivity contribution in [3.63, 3.8) is 0 Å². The molecular weight excluding hydrogens is 404 g/mol. The number of aromatic nitrogens is 3. The van der Waals surface area contributed by atoms with Gasteiger partial charge in [-0.1, -0.05) is 36.7 Å². The number of ether oxygens (including phenoxy) is 1. The van der Waals surface area contributed by atoms with Gasteiger partial charge in [0.1, 0.15) is 18.0 Å². The maximum absolute atomic E-state index is 12.9. The van der Waals surface area contributed by atoms with Crippen LogP contribution in [-0.2, 0) is 17.8 Å². The number of fused-ring (bicyclic) bond motifs is 1. The first kappa shape index (κ1) is 20.0. The molecule has 4 rings (SSSR count). The van der Waals surface area contributed by atoms with Crippen molar-refractivity contribution in [2.45, 2.75) is 26.3 Å². The number of hydrogen-bond donors (Lipinski definition) is 1. The van der Waals surface area contributed by atoms with Crippen molar-refractivity contribution in [2.24, 2.45) is 0 Å². The van der Waals surface area contributed by atoms with E-state index in [2.05, 4.69) is 22.4 Å². The largest absolute Gasteiger partial charge is 0.495 e. The number of halogens is 1.